The van der Waals surface area contributed by atoms with Gasteiger partial charge >= 0.3 is 0 Å². The molecule has 0 aliphatic heterocycles. The van der Waals surface area contributed by atoms with E-state index < -0.39 is 0 Å². The fraction of sp³-hybridized carbons (Fsp3) is 0.214. The van der Waals surface area contributed by atoms with E-state index in [1.54, 1.807) is 30.1 Å². The minimum Gasteiger partial charge on any atom is -0.492 e. The van der Waals surface area contributed by atoms with Crippen molar-refractivity contribution in [3.8, 4) is 5.75 Å². The van der Waals surface area contributed by atoms with Gasteiger partial charge in [-0.25, -0.2) is 4.39 Å². The van der Waals surface area contributed by atoms with Crippen molar-refractivity contribution < 1.29 is 13.9 Å². The van der Waals surface area contributed by atoms with Crippen LogP contribution in [0.2, 0.25) is 0 Å². The van der Waals surface area contributed by atoms with Gasteiger partial charge in [0, 0.05) is 11.5 Å². The van der Waals surface area contributed by atoms with Crippen molar-refractivity contribution in [3.63, 3.8) is 0 Å². The second-order valence-corrected chi connectivity index (χ2v) is 7.49. The second kappa shape index (κ2) is 7.38. The molecule has 1 aromatic carbocycles. The molecule has 0 saturated carbocycles. The molecule has 2 rings (SSSR count). The van der Waals surface area contributed by atoms with Gasteiger partial charge in [0.25, 0.3) is 5.91 Å². The number of likely N-dealkylation sites (N-methyl/N-ethyl adjacent to an activating group) is 1. The first-order valence-electron chi connectivity index (χ1n) is 6.06. The van der Waals surface area contributed by atoms with E-state index in [0.29, 0.717) is 23.8 Å². The Kier molecular flexibility index (Phi) is 5.78. The quantitative estimate of drug-likeness (QED) is 0.687. The normalized spacial score (nSPS) is 10.5. The highest BCUT2D eigenvalue weighted by molar-refractivity contribution is 9.13. The minimum atomic E-state index is -0.302. The molecule has 0 aliphatic rings. The zero-order valence-electron chi connectivity index (χ0n) is 11.1. The number of thiophene rings is 1. The first-order chi connectivity index (χ1) is 9.97. The molecular weight excluding hydrogens is 425 g/mol. The molecule has 0 bridgehead atoms. The summed E-state index contributed by atoms with van der Waals surface area (Å²) in [5.41, 5.74) is 0. The van der Waals surface area contributed by atoms with Gasteiger partial charge in [-0.15, -0.1) is 11.3 Å². The molecule has 0 aliphatic carbocycles. The lowest BCUT2D eigenvalue weighted by Gasteiger charge is -2.16. The molecule has 1 heterocycles. The van der Waals surface area contributed by atoms with Crippen molar-refractivity contribution >= 4 is 49.1 Å². The zero-order chi connectivity index (χ0) is 15.4. The van der Waals surface area contributed by atoms with Gasteiger partial charge in [-0.1, -0.05) is 0 Å². The number of carbonyl (C=O) groups excluding carboxylic acids is 1. The van der Waals surface area contributed by atoms with Crippen LogP contribution in [0.5, 0.6) is 5.75 Å². The SMILES string of the molecule is CN(CCOc1ccc(F)cc1)C(=O)c1cc(Br)c(Br)s1. The van der Waals surface area contributed by atoms with Crippen LogP contribution in [-0.4, -0.2) is 31.0 Å². The van der Waals surface area contributed by atoms with E-state index in [0.717, 1.165) is 8.26 Å². The maximum absolute atomic E-state index is 12.8. The first-order valence-corrected chi connectivity index (χ1v) is 8.46. The number of halogens is 3. The van der Waals surface area contributed by atoms with Crippen molar-refractivity contribution in [3.05, 3.63) is 49.3 Å². The maximum atomic E-state index is 12.8. The van der Waals surface area contributed by atoms with Crippen LogP contribution >= 0.6 is 43.2 Å². The van der Waals surface area contributed by atoms with Gasteiger partial charge < -0.3 is 9.64 Å². The largest absolute Gasteiger partial charge is 0.492 e. The fourth-order valence-electron chi connectivity index (χ4n) is 1.57. The average Bonchev–Trinajstić information content (AvgIpc) is 2.80. The average molecular weight is 437 g/mol. The minimum absolute atomic E-state index is 0.0610. The number of benzene rings is 1. The van der Waals surface area contributed by atoms with E-state index in [1.807, 2.05) is 0 Å². The predicted molar refractivity (Wildman–Crippen MR) is 88.6 cm³/mol. The molecule has 112 valence electrons. The summed E-state index contributed by atoms with van der Waals surface area (Å²) in [4.78, 5) is 14.4. The molecule has 0 atom stereocenters. The van der Waals surface area contributed by atoms with Crippen molar-refractivity contribution in [2.24, 2.45) is 0 Å². The molecule has 0 fully saturated rings. The molecule has 7 heteroatoms. The Bertz CT molecular complexity index is 611. The van der Waals surface area contributed by atoms with Crippen LogP contribution in [0.15, 0.2) is 38.6 Å². The molecule has 1 aromatic heterocycles. The lowest BCUT2D eigenvalue weighted by molar-refractivity contribution is 0.0778. The van der Waals surface area contributed by atoms with Crippen LogP contribution < -0.4 is 4.74 Å². The Morgan fingerprint density at radius 2 is 2.00 bits per heavy atom. The monoisotopic (exact) mass is 435 g/mol. The van der Waals surface area contributed by atoms with Crippen LogP contribution in [0.1, 0.15) is 9.67 Å². The Hall–Kier alpha value is -0.920. The van der Waals surface area contributed by atoms with Crippen molar-refractivity contribution in [2.75, 3.05) is 20.2 Å². The third-order valence-corrected chi connectivity index (χ3v) is 5.96. The summed E-state index contributed by atoms with van der Waals surface area (Å²) in [5, 5.41) is 0. The van der Waals surface area contributed by atoms with Crippen molar-refractivity contribution in [2.45, 2.75) is 0 Å². The van der Waals surface area contributed by atoms with Crippen LogP contribution in [0.3, 0.4) is 0 Å². The highest BCUT2D eigenvalue weighted by Crippen LogP contribution is 2.32. The summed E-state index contributed by atoms with van der Waals surface area (Å²) < 4.78 is 20.0. The van der Waals surface area contributed by atoms with E-state index in [-0.39, 0.29) is 11.7 Å². The number of hydrogen-bond donors (Lipinski definition) is 0. The lowest BCUT2D eigenvalue weighted by Crippen LogP contribution is -2.30. The van der Waals surface area contributed by atoms with Crippen molar-refractivity contribution in [1.82, 2.24) is 4.90 Å². The molecule has 0 spiro atoms. The number of ether oxygens (including phenoxy) is 1. The summed E-state index contributed by atoms with van der Waals surface area (Å²) in [7, 11) is 1.72. The van der Waals surface area contributed by atoms with Gasteiger partial charge in [-0.2, -0.15) is 0 Å². The van der Waals surface area contributed by atoms with E-state index in [9.17, 15) is 9.18 Å². The Balaban J connectivity index is 1.85. The van der Waals surface area contributed by atoms with Crippen LogP contribution in [0.4, 0.5) is 4.39 Å². The van der Waals surface area contributed by atoms with E-state index in [2.05, 4.69) is 31.9 Å². The number of hydrogen-bond acceptors (Lipinski definition) is 3. The molecule has 3 nitrogen and oxygen atoms in total. The van der Waals surface area contributed by atoms with Crippen LogP contribution in [0.25, 0.3) is 0 Å². The van der Waals surface area contributed by atoms with E-state index in [4.69, 9.17) is 4.74 Å². The van der Waals surface area contributed by atoms with Crippen LogP contribution in [0, 0.1) is 5.82 Å². The number of amides is 1. The van der Waals surface area contributed by atoms with Gasteiger partial charge in [-0.3, -0.25) is 4.79 Å². The third kappa shape index (κ3) is 4.52. The maximum Gasteiger partial charge on any atom is 0.263 e. The Morgan fingerprint density at radius 3 is 2.57 bits per heavy atom. The number of nitrogens with zero attached hydrogens (tertiary/aromatic N) is 1. The molecule has 0 saturated heterocycles. The smallest absolute Gasteiger partial charge is 0.263 e. The van der Waals surface area contributed by atoms with Crippen molar-refractivity contribution in [1.29, 1.82) is 0 Å². The second-order valence-electron chi connectivity index (χ2n) is 4.26. The molecule has 0 unspecified atom stereocenters. The van der Waals surface area contributed by atoms with Crippen LogP contribution in [-0.2, 0) is 0 Å². The van der Waals surface area contributed by atoms with Gasteiger partial charge in [0.2, 0.25) is 0 Å². The summed E-state index contributed by atoms with van der Waals surface area (Å²) in [6.07, 6.45) is 0. The Labute approximate surface area is 143 Å². The van der Waals surface area contributed by atoms with Gasteiger partial charge in [0.1, 0.15) is 18.2 Å². The highest BCUT2D eigenvalue weighted by atomic mass is 79.9. The molecule has 0 N–H and O–H groups in total. The molecular formula is C14H12Br2FNO2S. The van der Waals surface area contributed by atoms with E-state index in [1.165, 1.54) is 23.5 Å². The summed E-state index contributed by atoms with van der Waals surface area (Å²) >= 11 is 8.11. The Morgan fingerprint density at radius 1 is 1.33 bits per heavy atom. The fourth-order valence-corrected chi connectivity index (χ4v) is 3.60. The third-order valence-electron chi connectivity index (χ3n) is 2.71. The van der Waals surface area contributed by atoms with Gasteiger partial charge in [0.15, 0.2) is 0 Å². The number of rotatable bonds is 5. The molecule has 0 radical (unpaired) electrons. The molecule has 1 amide bonds. The first kappa shape index (κ1) is 16.5. The summed E-state index contributed by atoms with van der Waals surface area (Å²) in [6.45, 7) is 0.797. The highest BCUT2D eigenvalue weighted by Gasteiger charge is 2.16. The summed E-state index contributed by atoms with van der Waals surface area (Å²) in [6, 6.07) is 7.58. The molecule has 21 heavy (non-hydrogen) atoms. The zero-order valence-corrected chi connectivity index (χ0v) is 15.1. The molecule has 2 aromatic rings. The summed E-state index contributed by atoms with van der Waals surface area (Å²) in [5.74, 6) is 0.219. The standard InChI is InChI=1S/C14H12Br2FNO2S/c1-18(14(19)12-8-11(15)13(16)21-12)6-7-20-10-4-2-9(17)3-5-10/h2-5,8H,6-7H2,1H3. The van der Waals surface area contributed by atoms with E-state index >= 15 is 0 Å². The predicted octanol–water partition coefficient (Wildman–Crippen LogP) is 4.56. The number of carbonyl (C=O) groups is 1. The van der Waals surface area contributed by atoms with Gasteiger partial charge in [0.05, 0.1) is 15.2 Å². The van der Waals surface area contributed by atoms with Gasteiger partial charge in [-0.05, 0) is 62.2 Å². The lowest BCUT2D eigenvalue weighted by atomic mass is 10.3. The topological polar surface area (TPSA) is 29.5 Å².